The zero-order valence-corrected chi connectivity index (χ0v) is 7.84. The molecule has 0 aliphatic heterocycles. The molecule has 0 fully saturated rings. The van der Waals surface area contributed by atoms with Crippen molar-refractivity contribution in [3.05, 3.63) is 35.4 Å². The van der Waals surface area contributed by atoms with Crippen LogP contribution in [0.25, 0.3) is 0 Å². The Kier molecular flexibility index (Phi) is 3.81. The van der Waals surface area contributed by atoms with Gasteiger partial charge in [0.25, 0.3) is 0 Å². The molecule has 0 amide bonds. The lowest BCUT2D eigenvalue weighted by atomic mass is 10.0. The molecule has 0 spiro atoms. The van der Waals surface area contributed by atoms with Gasteiger partial charge in [0.15, 0.2) is 0 Å². The van der Waals surface area contributed by atoms with Crippen LogP contribution in [0.3, 0.4) is 0 Å². The van der Waals surface area contributed by atoms with Crippen LogP contribution in [-0.4, -0.2) is 7.11 Å². The van der Waals surface area contributed by atoms with E-state index >= 15 is 0 Å². The van der Waals surface area contributed by atoms with Crippen molar-refractivity contribution in [3.63, 3.8) is 0 Å². The summed E-state index contributed by atoms with van der Waals surface area (Å²) in [6.07, 6.45) is 2.35. The molecule has 0 aromatic heterocycles. The van der Waals surface area contributed by atoms with Crippen LogP contribution in [0.5, 0.6) is 0 Å². The topological polar surface area (TPSA) is 9.23 Å². The molecule has 0 N–H and O–H groups in total. The number of rotatable bonds is 4. The first-order valence-corrected chi connectivity index (χ1v) is 4.44. The predicted molar refractivity (Wildman–Crippen MR) is 51.2 cm³/mol. The van der Waals surface area contributed by atoms with Crippen molar-refractivity contribution < 1.29 is 4.74 Å². The normalized spacial score (nSPS) is 10.2. The van der Waals surface area contributed by atoms with Gasteiger partial charge >= 0.3 is 0 Å². The van der Waals surface area contributed by atoms with Gasteiger partial charge in [-0.15, -0.1) is 0 Å². The summed E-state index contributed by atoms with van der Waals surface area (Å²) in [5.41, 5.74) is 2.74. The van der Waals surface area contributed by atoms with Gasteiger partial charge in [-0.25, -0.2) is 0 Å². The molecule has 12 heavy (non-hydrogen) atoms. The van der Waals surface area contributed by atoms with Crippen molar-refractivity contribution in [1.82, 2.24) is 0 Å². The minimum absolute atomic E-state index is 0.732. The fraction of sp³-hybridized carbons (Fsp3) is 0.455. The lowest BCUT2D eigenvalue weighted by Crippen LogP contribution is -1.94. The van der Waals surface area contributed by atoms with E-state index < -0.39 is 0 Å². The van der Waals surface area contributed by atoms with Gasteiger partial charge in [-0.2, -0.15) is 0 Å². The van der Waals surface area contributed by atoms with E-state index in [9.17, 15) is 0 Å². The zero-order valence-electron chi connectivity index (χ0n) is 7.84. The maximum Gasteiger partial charge on any atom is 0.0715 e. The lowest BCUT2D eigenvalue weighted by molar-refractivity contribution is 0.184. The summed E-state index contributed by atoms with van der Waals surface area (Å²) >= 11 is 0. The first-order valence-electron chi connectivity index (χ1n) is 4.44. The van der Waals surface area contributed by atoms with Crippen molar-refractivity contribution >= 4 is 0 Å². The third kappa shape index (κ3) is 2.35. The van der Waals surface area contributed by atoms with Crippen molar-refractivity contribution in [2.75, 3.05) is 7.11 Å². The summed E-state index contributed by atoms with van der Waals surface area (Å²) in [5.74, 6) is 0. The quantitative estimate of drug-likeness (QED) is 0.665. The van der Waals surface area contributed by atoms with Gasteiger partial charge in [-0.1, -0.05) is 37.6 Å². The van der Waals surface area contributed by atoms with Crippen LogP contribution >= 0.6 is 0 Å². The van der Waals surface area contributed by atoms with Crippen molar-refractivity contribution in [1.29, 1.82) is 0 Å². The van der Waals surface area contributed by atoms with Crippen LogP contribution < -0.4 is 0 Å². The van der Waals surface area contributed by atoms with Crippen molar-refractivity contribution in [2.24, 2.45) is 0 Å². The Bertz CT molecular complexity index is 205. The molecule has 0 aliphatic carbocycles. The molecule has 1 rings (SSSR count). The van der Waals surface area contributed by atoms with E-state index in [4.69, 9.17) is 4.74 Å². The molecule has 0 saturated heterocycles. The first-order chi connectivity index (χ1) is 5.88. The average molecular weight is 164 g/mol. The van der Waals surface area contributed by atoms with E-state index in [1.165, 1.54) is 17.5 Å². The minimum Gasteiger partial charge on any atom is -0.380 e. The number of methoxy groups -OCH3 is 1. The maximum absolute atomic E-state index is 5.11. The monoisotopic (exact) mass is 164 g/mol. The summed E-state index contributed by atoms with van der Waals surface area (Å²) in [4.78, 5) is 0. The second kappa shape index (κ2) is 4.94. The SMILES string of the molecule is CCCc1ccccc1COC. The number of aryl methyl sites for hydroxylation is 1. The third-order valence-electron chi connectivity index (χ3n) is 1.94. The van der Waals surface area contributed by atoms with Crippen LogP contribution in [0, 0.1) is 0 Å². The highest BCUT2D eigenvalue weighted by Crippen LogP contribution is 2.11. The lowest BCUT2D eigenvalue weighted by Gasteiger charge is -2.06. The Balaban J connectivity index is 2.77. The van der Waals surface area contributed by atoms with E-state index in [1.807, 2.05) is 0 Å². The highest BCUT2D eigenvalue weighted by atomic mass is 16.5. The number of hydrogen-bond donors (Lipinski definition) is 0. The summed E-state index contributed by atoms with van der Waals surface area (Å²) in [6, 6.07) is 8.46. The molecule has 1 aromatic carbocycles. The van der Waals surface area contributed by atoms with Gasteiger partial charge in [0.05, 0.1) is 6.61 Å². The number of ether oxygens (including phenoxy) is 1. The zero-order chi connectivity index (χ0) is 8.81. The van der Waals surface area contributed by atoms with E-state index in [2.05, 4.69) is 31.2 Å². The van der Waals surface area contributed by atoms with Crippen LogP contribution in [-0.2, 0) is 17.8 Å². The summed E-state index contributed by atoms with van der Waals surface area (Å²) in [5, 5.41) is 0. The van der Waals surface area contributed by atoms with Crippen LogP contribution in [0.15, 0.2) is 24.3 Å². The molecule has 66 valence electrons. The Hall–Kier alpha value is -0.820. The van der Waals surface area contributed by atoms with E-state index in [0.717, 1.165) is 13.0 Å². The molecule has 0 unspecified atom stereocenters. The molecular formula is C11H16O. The second-order valence-electron chi connectivity index (χ2n) is 2.95. The highest BCUT2D eigenvalue weighted by molar-refractivity contribution is 5.26. The Labute approximate surface area is 74.4 Å². The van der Waals surface area contributed by atoms with Crippen LogP contribution in [0.1, 0.15) is 24.5 Å². The largest absolute Gasteiger partial charge is 0.380 e. The molecule has 1 nitrogen and oxygen atoms in total. The average Bonchev–Trinajstić information content (AvgIpc) is 2.09. The Morgan fingerprint density at radius 1 is 1.17 bits per heavy atom. The van der Waals surface area contributed by atoms with E-state index in [1.54, 1.807) is 7.11 Å². The molecule has 1 heteroatoms. The summed E-state index contributed by atoms with van der Waals surface area (Å²) in [6.45, 7) is 2.93. The number of benzene rings is 1. The molecule has 0 heterocycles. The molecule has 0 aliphatic rings. The molecule has 0 atom stereocenters. The third-order valence-corrected chi connectivity index (χ3v) is 1.94. The molecule has 0 saturated carbocycles. The molecule has 1 aromatic rings. The van der Waals surface area contributed by atoms with Gasteiger partial charge in [-0.3, -0.25) is 0 Å². The highest BCUT2D eigenvalue weighted by Gasteiger charge is 1.98. The van der Waals surface area contributed by atoms with Gasteiger partial charge in [0.1, 0.15) is 0 Å². The summed E-state index contributed by atoms with van der Waals surface area (Å²) in [7, 11) is 1.74. The fourth-order valence-electron chi connectivity index (χ4n) is 1.37. The smallest absolute Gasteiger partial charge is 0.0715 e. The maximum atomic E-state index is 5.11. The standard InChI is InChI=1S/C11H16O/c1-3-6-10-7-4-5-8-11(10)9-12-2/h4-5,7-8H,3,6,9H2,1-2H3. The van der Waals surface area contributed by atoms with Gasteiger partial charge in [0.2, 0.25) is 0 Å². The van der Waals surface area contributed by atoms with E-state index in [0.29, 0.717) is 0 Å². The van der Waals surface area contributed by atoms with Crippen LogP contribution in [0.2, 0.25) is 0 Å². The van der Waals surface area contributed by atoms with Crippen molar-refractivity contribution in [2.45, 2.75) is 26.4 Å². The number of hydrogen-bond acceptors (Lipinski definition) is 1. The minimum atomic E-state index is 0.732. The fourth-order valence-corrected chi connectivity index (χ4v) is 1.37. The Morgan fingerprint density at radius 2 is 1.83 bits per heavy atom. The molecular weight excluding hydrogens is 148 g/mol. The second-order valence-corrected chi connectivity index (χ2v) is 2.95. The molecule has 0 bridgehead atoms. The van der Waals surface area contributed by atoms with Gasteiger partial charge < -0.3 is 4.74 Å². The van der Waals surface area contributed by atoms with Crippen LogP contribution in [0.4, 0.5) is 0 Å². The van der Waals surface area contributed by atoms with Crippen molar-refractivity contribution in [3.8, 4) is 0 Å². The molecule has 0 radical (unpaired) electrons. The van der Waals surface area contributed by atoms with Gasteiger partial charge in [0, 0.05) is 7.11 Å². The predicted octanol–water partition coefficient (Wildman–Crippen LogP) is 2.79. The Morgan fingerprint density at radius 3 is 2.42 bits per heavy atom. The first kappa shape index (κ1) is 9.27. The van der Waals surface area contributed by atoms with Gasteiger partial charge in [-0.05, 0) is 17.5 Å². The summed E-state index contributed by atoms with van der Waals surface area (Å²) < 4.78 is 5.11. The van der Waals surface area contributed by atoms with E-state index in [-0.39, 0.29) is 0 Å².